The molecule has 0 aromatic heterocycles. The fraction of sp³-hybridized carbons (Fsp3) is 0.538. The minimum atomic E-state index is -3.67. The van der Waals surface area contributed by atoms with Gasteiger partial charge in [-0.2, -0.15) is 0 Å². The third-order valence-electron chi connectivity index (χ3n) is 2.95. The minimum Gasteiger partial charge on any atom is -0.326 e. The molecule has 0 amide bonds. The lowest BCUT2D eigenvalue weighted by atomic mass is 10.1. The van der Waals surface area contributed by atoms with Crippen LogP contribution in [0.25, 0.3) is 0 Å². The Morgan fingerprint density at radius 2 is 2.00 bits per heavy atom. The third-order valence-corrected chi connectivity index (χ3v) is 4.54. The van der Waals surface area contributed by atoms with Crippen molar-refractivity contribution in [3.63, 3.8) is 0 Å². The van der Waals surface area contributed by atoms with Crippen LogP contribution in [0.4, 0.5) is 4.39 Å². The number of halogens is 1. The number of hydrogen-bond donors (Lipinski definition) is 2. The number of nitrogens with two attached hydrogens (primary N) is 1. The average Bonchev–Trinajstić information content (AvgIpc) is 2.37. The van der Waals surface area contributed by atoms with Crippen LogP contribution in [0.3, 0.4) is 0 Å². The summed E-state index contributed by atoms with van der Waals surface area (Å²) in [7, 11) is -3.67. The van der Waals surface area contributed by atoms with E-state index in [0.717, 1.165) is 19.3 Å². The maximum atomic E-state index is 13.7. The highest BCUT2D eigenvalue weighted by Gasteiger charge is 2.19. The van der Waals surface area contributed by atoms with Crippen molar-refractivity contribution in [2.45, 2.75) is 44.6 Å². The van der Waals surface area contributed by atoms with E-state index in [2.05, 4.69) is 4.72 Å². The van der Waals surface area contributed by atoms with Gasteiger partial charge < -0.3 is 5.73 Å². The fourth-order valence-electron chi connectivity index (χ4n) is 1.76. The number of unbranched alkanes of at least 4 members (excludes halogenated alkanes) is 2. The Bertz CT molecular complexity index is 530. The predicted octanol–water partition coefficient (Wildman–Crippen LogP) is 2.06. The van der Waals surface area contributed by atoms with Crippen LogP contribution in [0, 0.1) is 12.7 Å². The average molecular weight is 288 g/mol. The normalized spacial score (nSPS) is 11.8. The van der Waals surface area contributed by atoms with Crippen LogP contribution in [0.5, 0.6) is 0 Å². The predicted molar refractivity (Wildman–Crippen MR) is 73.7 cm³/mol. The molecule has 3 N–H and O–H groups in total. The van der Waals surface area contributed by atoms with E-state index in [1.54, 1.807) is 0 Å². The van der Waals surface area contributed by atoms with Gasteiger partial charge >= 0.3 is 0 Å². The van der Waals surface area contributed by atoms with Gasteiger partial charge in [-0.15, -0.1) is 0 Å². The lowest BCUT2D eigenvalue weighted by Gasteiger charge is -2.11. The first-order valence-corrected chi connectivity index (χ1v) is 7.89. The summed E-state index contributed by atoms with van der Waals surface area (Å²) in [4.78, 5) is -0.0237. The van der Waals surface area contributed by atoms with Crippen LogP contribution >= 0.6 is 0 Å². The highest BCUT2D eigenvalue weighted by atomic mass is 32.2. The van der Waals surface area contributed by atoms with Gasteiger partial charge in [-0.25, -0.2) is 17.5 Å². The monoisotopic (exact) mass is 288 g/mol. The van der Waals surface area contributed by atoms with Crippen LogP contribution in [-0.4, -0.2) is 15.0 Å². The van der Waals surface area contributed by atoms with Crippen molar-refractivity contribution in [1.29, 1.82) is 0 Å². The lowest BCUT2D eigenvalue weighted by Crippen LogP contribution is -2.26. The summed E-state index contributed by atoms with van der Waals surface area (Å²) in [6, 6.07) is 2.70. The highest BCUT2D eigenvalue weighted by molar-refractivity contribution is 7.89. The van der Waals surface area contributed by atoms with E-state index in [9.17, 15) is 12.8 Å². The molecule has 0 saturated heterocycles. The first kappa shape index (κ1) is 16.1. The SMILES string of the molecule is CCCCCNS(=O)(=O)c1cc(CN)cc(F)c1C. The molecule has 0 saturated carbocycles. The Labute approximate surface area is 114 Å². The Morgan fingerprint density at radius 1 is 1.32 bits per heavy atom. The maximum absolute atomic E-state index is 13.7. The van der Waals surface area contributed by atoms with Gasteiger partial charge in [-0.05, 0) is 31.0 Å². The molecule has 1 aromatic rings. The van der Waals surface area contributed by atoms with Crippen molar-refractivity contribution < 1.29 is 12.8 Å². The van der Waals surface area contributed by atoms with Crippen molar-refractivity contribution >= 4 is 10.0 Å². The Balaban J connectivity index is 2.97. The molecule has 0 bridgehead atoms. The maximum Gasteiger partial charge on any atom is 0.240 e. The molecule has 19 heavy (non-hydrogen) atoms. The summed E-state index contributed by atoms with van der Waals surface area (Å²) in [5.41, 5.74) is 6.03. The first-order chi connectivity index (χ1) is 8.92. The van der Waals surface area contributed by atoms with Crippen LogP contribution < -0.4 is 10.5 Å². The Morgan fingerprint density at radius 3 is 2.58 bits per heavy atom. The summed E-state index contributed by atoms with van der Waals surface area (Å²) in [5, 5.41) is 0. The van der Waals surface area contributed by atoms with E-state index in [0.29, 0.717) is 12.1 Å². The lowest BCUT2D eigenvalue weighted by molar-refractivity contribution is 0.569. The summed E-state index contributed by atoms with van der Waals surface area (Å²) >= 11 is 0. The van der Waals surface area contributed by atoms with Gasteiger partial charge in [0.15, 0.2) is 0 Å². The van der Waals surface area contributed by atoms with Gasteiger partial charge in [0.2, 0.25) is 10.0 Å². The zero-order valence-corrected chi connectivity index (χ0v) is 12.2. The summed E-state index contributed by atoms with van der Waals surface area (Å²) in [6.45, 7) is 3.97. The standard InChI is InChI=1S/C13H21FN2O2S/c1-3-4-5-6-16-19(17,18)13-8-11(9-15)7-12(14)10(13)2/h7-8,16H,3-6,9,15H2,1-2H3. The largest absolute Gasteiger partial charge is 0.326 e. The van der Waals surface area contributed by atoms with Crippen molar-refractivity contribution in [1.82, 2.24) is 4.72 Å². The van der Waals surface area contributed by atoms with Gasteiger partial charge in [0.05, 0.1) is 4.90 Å². The Kier molecular flexibility index (Phi) is 5.90. The van der Waals surface area contributed by atoms with E-state index >= 15 is 0 Å². The molecular formula is C13H21FN2O2S. The van der Waals surface area contributed by atoms with Crippen molar-refractivity contribution in [3.8, 4) is 0 Å². The van der Waals surface area contributed by atoms with Crippen molar-refractivity contribution in [3.05, 3.63) is 29.1 Å². The molecule has 0 fully saturated rings. The molecule has 1 aromatic carbocycles. The van der Waals surface area contributed by atoms with Crippen LogP contribution in [0.1, 0.15) is 37.3 Å². The second kappa shape index (κ2) is 6.98. The van der Waals surface area contributed by atoms with Gasteiger partial charge in [0.1, 0.15) is 5.82 Å². The number of benzene rings is 1. The zero-order valence-electron chi connectivity index (χ0n) is 11.4. The van der Waals surface area contributed by atoms with E-state index in [4.69, 9.17) is 5.73 Å². The zero-order chi connectivity index (χ0) is 14.5. The molecular weight excluding hydrogens is 267 g/mol. The topological polar surface area (TPSA) is 72.2 Å². The molecule has 0 unspecified atom stereocenters. The molecule has 4 nitrogen and oxygen atoms in total. The van der Waals surface area contributed by atoms with Crippen molar-refractivity contribution in [2.24, 2.45) is 5.73 Å². The molecule has 0 heterocycles. The van der Waals surface area contributed by atoms with Crippen LogP contribution in [-0.2, 0) is 16.6 Å². The quantitative estimate of drug-likeness (QED) is 0.754. The van der Waals surface area contributed by atoms with E-state index in [-0.39, 0.29) is 17.0 Å². The molecule has 1 rings (SSSR count). The number of nitrogens with one attached hydrogen (secondary N) is 1. The van der Waals surface area contributed by atoms with Gasteiger partial charge in [0.25, 0.3) is 0 Å². The molecule has 6 heteroatoms. The molecule has 108 valence electrons. The van der Waals surface area contributed by atoms with E-state index in [1.165, 1.54) is 19.1 Å². The molecule has 0 radical (unpaired) electrons. The van der Waals surface area contributed by atoms with Gasteiger partial charge in [0, 0.05) is 18.7 Å². The first-order valence-electron chi connectivity index (χ1n) is 6.41. The summed E-state index contributed by atoms with van der Waals surface area (Å²) < 4.78 is 40.4. The molecule has 0 spiro atoms. The Hall–Kier alpha value is -0.980. The summed E-state index contributed by atoms with van der Waals surface area (Å²) in [5.74, 6) is -0.545. The van der Waals surface area contributed by atoms with Crippen molar-refractivity contribution in [2.75, 3.05) is 6.54 Å². The third kappa shape index (κ3) is 4.26. The molecule has 0 aliphatic carbocycles. The second-order valence-electron chi connectivity index (χ2n) is 4.51. The highest BCUT2D eigenvalue weighted by Crippen LogP contribution is 2.20. The number of rotatable bonds is 7. The van der Waals surface area contributed by atoms with E-state index < -0.39 is 15.8 Å². The minimum absolute atomic E-state index is 0.0237. The van der Waals surface area contributed by atoms with Crippen LogP contribution in [0.15, 0.2) is 17.0 Å². The smallest absolute Gasteiger partial charge is 0.240 e. The van der Waals surface area contributed by atoms with Gasteiger partial charge in [-0.3, -0.25) is 0 Å². The summed E-state index contributed by atoms with van der Waals surface area (Å²) in [6.07, 6.45) is 2.74. The fourth-order valence-corrected chi connectivity index (χ4v) is 3.14. The van der Waals surface area contributed by atoms with Gasteiger partial charge in [-0.1, -0.05) is 19.8 Å². The second-order valence-corrected chi connectivity index (χ2v) is 6.25. The molecule has 0 aliphatic rings. The van der Waals surface area contributed by atoms with E-state index in [1.807, 2.05) is 6.92 Å². The molecule has 0 aliphatic heterocycles. The number of hydrogen-bond acceptors (Lipinski definition) is 3. The number of sulfonamides is 1. The molecule has 0 atom stereocenters. The van der Waals surface area contributed by atoms with Crippen LogP contribution in [0.2, 0.25) is 0 Å².